The highest BCUT2D eigenvalue weighted by Gasteiger charge is 2.17. The van der Waals surface area contributed by atoms with E-state index in [1.54, 1.807) is 0 Å². The Bertz CT molecular complexity index is 707. The van der Waals surface area contributed by atoms with E-state index < -0.39 is 0 Å². The van der Waals surface area contributed by atoms with E-state index in [2.05, 4.69) is 53.8 Å². The van der Waals surface area contributed by atoms with Gasteiger partial charge in [0.25, 0.3) is 0 Å². The highest BCUT2D eigenvalue weighted by molar-refractivity contribution is 7.17. The van der Waals surface area contributed by atoms with Crippen molar-refractivity contribution in [3.8, 4) is 0 Å². The summed E-state index contributed by atoms with van der Waals surface area (Å²) in [6.45, 7) is 4.23. The van der Waals surface area contributed by atoms with Crippen LogP contribution in [0.3, 0.4) is 0 Å². The average Bonchev–Trinajstić information content (AvgIpc) is 3.00. The molecule has 4 heteroatoms. The summed E-state index contributed by atoms with van der Waals surface area (Å²) in [7, 11) is 2.03. The van der Waals surface area contributed by atoms with E-state index in [0.29, 0.717) is 6.04 Å². The van der Waals surface area contributed by atoms with Crippen molar-refractivity contribution in [2.75, 3.05) is 7.05 Å². The predicted molar refractivity (Wildman–Crippen MR) is 88.9 cm³/mol. The number of thiophene rings is 1. The first-order chi connectivity index (χ1) is 9.69. The highest BCUT2D eigenvalue weighted by atomic mass is 32.1. The van der Waals surface area contributed by atoms with Gasteiger partial charge < -0.3 is 5.32 Å². The normalized spacial score (nSPS) is 12.9. The zero-order valence-electron chi connectivity index (χ0n) is 11.9. The smallest absolute Gasteiger partial charge is 0.0949 e. The number of fused-ring (bicyclic) bond motifs is 1. The van der Waals surface area contributed by atoms with Crippen molar-refractivity contribution >= 4 is 32.8 Å². The first-order valence-corrected chi connectivity index (χ1v) is 8.45. The van der Waals surface area contributed by atoms with Crippen LogP contribution >= 0.6 is 22.7 Å². The summed E-state index contributed by atoms with van der Waals surface area (Å²) >= 11 is 3.63. The van der Waals surface area contributed by atoms with Gasteiger partial charge in [-0.3, -0.25) is 0 Å². The van der Waals surface area contributed by atoms with Gasteiger partial charge in [0.05, 0.1) is 10.7 Å². The Labute approximate surface area is 127 Å². The molecule has 1 N–H and O–H groups in total. The molecular formula is C16H18N2S2. The lowest BCUT2D eigenvalue weighted by Gasteiger charge is -2.14. The monoisotopic (exact) mass is 302 g/mol. The van der Waals surface area contributed by atoms with Crippen LogP contribution in [0.5, 0.6) is 0 Å². The maximum atomic E-state index is 4.67. The number of hydrogen-bond donors (Lipinski definition) is 1. The Morgan fingerprint density at radius 1 is 1.25 bits per heavy atom. The molecule has 0 aliphatic heterocycles. The van der Waals surface area contributed by atoms with Crippen LogP contribution in [-0.2, 0) is 6.42 Å². The molecule has 1 aromatic carbocycles. The number of aryl methyl sites for hydroxylation is 2. The van der Waals surface area contributed by atoms with Crippen molar-refractivity contribution in [2.45, 2.75) is 26.3 Å². The Morgan fingerprint density at radius 2 is 2.05 bits per heavy atom. The van der Waals surface area contributed by atoms with Crippen LogP contribution in [0.25, 0.3) is 10.1 Å². The molecule has 0 saturated carbocycles. The minimum Gasteiger partial charge on any atom is -0.313 e. The number of nitrogens with one attached hydrogen (secondary N) is 1. The van der Waals surface area contributed by atoms with E-state index in [0.717, 1.165) is 12.1 Å². The lowest BCUT2D eigenvalue weighted by Crippen LogP contribution is -2.18. The van der Waals surface area contributed by atoms with Gasteiger partial charge in [0.15, 0.2) is 0 Å². The molecule has 0 spiro atoms. The fraction of sp³-hybridized carbons (Fsp3) is 0.312. The molecule has 3 rings (SSSR count). The molecule has 0 aliphatic rings. The van der Waals surface area contributed by atoms with Crippen LogP contribution in [0.15, 0.2) is 29.6 Å². The molecule has 0 aliphatic carbocycles. The van der Waals surface area contributed by atoms with E-state index in [1.165, 1.54) is 25.5 Å². The van der Waals surface area contributed by atoms with Crippen molar-refractivity contribution in [1.29, 1.82) is 0 Å². The number of aromatic nitrogens is 1. The molecule has 0 radical (unpaired) electrons. The molecular weight excluding hydrogens is 284 g/mol. The Hall–Kier alpha value is -1.23. The van der Waals surface area contributed by atoms with Crippen molar-refractivity contribution in [1.82, 2.24) is 10.3 Å². The van der Waals surface area contributed by atoms with E-state index in [-0.39, 0.29) is 0 Å². The quantitative estimate of drug-likeness (QED) is 0.768. The molecule has 0 fully saturated rings. The molecule has 0 amide bonds. The van der Waals surface area contributed by atoms with Gasteiger partial charge >= 0.3 is 0 Å². The van der Waals surface area contributed by atoms with E-state index in [1.807, 2.05) is 29.7 Å². The number of hydrogen-bond acceptors (Lipinski definition) is 4. The molecule has 2 heterocycles. The van der Waals surface area contributed by atoms with E-state index >= 15 is 0 Å². The lowest BCUT2D eigenvalue weighted by molar-refractivity contribution is 0.595. The molecule has 2 aromatic heterocycles. The summed E-state index contributed by atoms with van der Waals surface area (Å²) in [6.07, 6.45) is 0.955. The molecule has 0 saturated heterocycles. The van der Waals surface area contributed by atoms with Crippen LogP contribution in [-0.4, -0.2) is 12.0 Å². The number of benzene rings is 1. The third-order valence-electron chi connectivity index (χ3n) is 3.69. The standard InChI is InChI=1S/C16H18N2S2/c1-10-11(2)20-16(18-10)8-14(17-3)13-9-19-15-7-5-4-6-12(13)15/h4-7,9,14,17H,8H2,1-3H3. The summed E-state index contributed by atoms with van der Waals surface area (Å²) in [5, 5.41) is 8.30. The van der Waals surface area contributed by atoms with Crippen LogP contribution in [0.4, 0.5) is 0 Å². The second kappa shape index (κ2) is 5.64. The molecule has 3 aromatic rings. The van der Waals surface area contributed by atoms with Crippen LogP contribution in [0.2, 0.25) is 0 Å². The third kappa shape index (κ3) is 2.51. The Morgan fingerprint density at radius 3 is 2.75 bits per heavy atom. The van der Waals surface area contributed by atoms with Crippen molar-refractivity contribution in [3.63, 3.8) is 0 Å². The first kappa shape index (κ1) is 13.7. The third-order valence-corrected chi connectivity index (χ3v) is 5.76. The van der Waals surface area contributed by atoms with Gasteiger partial charge in [0.2, 0.25) is 0 Å². The summed E-state index contributed by atoms with van der Waals surface area (Å²) < 4.78 is 1.36. The Balaban J connectivity index is 1.93. The zero-order chi connectivity index (χ0) is 14.1. The van der Waals surface area contributed by atoms with Crippen LogP contribution in [0, 0.1) is 13.8 Å². The predicted octanol–water partition coefficient (Wildman–Crippen LogP) is 4.48. The Kier molecular flexibility index (Phi) is 3.87. The second-order valence-electron chi connectivity index (χ2n) is 4.98. The molecule has 2 nitrogen and oxygen atoms in total. The number of rotatable bonds is 4. The summed E-state index contributed by atoms with van der Waals surface area (Å²) in [5.74, 6) is 0. The largest absolute Gasteiger partial charge is 0.313 e. The van der Waals surface area contributed by atoms with E-state index in [9.17, 15) is 0 Å². The summed E-state index contributed by atoms with van der Waals surface area (Å²) in [4.78, 5) is 5.99. The van der Waals surface area contributed by atoms with Gasteiger partial charge in [-0.25, -0.2) is 4.98 Å². The summed E-state index contributed by atoms with van der Waals surface area (Å²) in [5.41, 5.74) is 2.55. The zero-order valence-corrected chi connectivity index (χ0v) is 13.6. The number of likely N-dealkylation sites (N-methyl/N-ethyl adjacent to an activating group) is 1. The number of thiazole rings is 1. The average molecular weight is 302 g/mol. The maximum absolute atomic E-state index is 4.67. The maximum Gasteiger partial charge on any atom is 0.0949 e. The fourth-order valence-corrected chi connectivity index (χ4v) is 4.43. The van der Waals surface area contributed by atoms with Gasteiger partial charge in [-0.1, -0.05) is 18.2 Å². The van der Waals surface area contributed by atoms with Gasteiger partial charge in [0, 0.05) is 22.0 Å². The van der Waals surface area contributed by atoms with Crippen molar-refractivity contribution < 1.29 is 0 Å². The highest BCUT2D eigenvalue weighted by Crippen LogP contribution is 2.32. The fourth-order valence-electron chi connectivity index (χ4n) is 2.44. The van der Waals surface area contributed by atoms with Crippen LogP contribution < -0.4 is 5.32 Å². The molecule has 1 atom stereocenters. The van der Waals surface area contributed by atoms with Gasteiger partial charge in [-0.15, -0.1) is 22.7 Å². The van der Waals surface area contributed by atoms with Gasteiger partial charge in [-0.2, -0.15) is 0 Å². The van der Waals surface area contributed by atoms with Gasteiger partial charge in [-0.05, 0) is 43.3 Å². The minimum atomic E-state index is 0.330. The first-order valence-electron chi connectivity index (χ1n) is 6.75. The van der Waals surface area contributed by atoms with Crippen molar-refractivity contribution in [3.05, 3.63) is 50.8 Å². The SMILES string of the molecule is CNC(Cc1nc(C)c(C)s1)c1csc2ccccc12. The topological polar surface area (TPSA) is 24.9 Å². The second-order valence-corrected chi connectivity index (χ2v) is 7.18. The minimum absolute atomic E-state index is 0.330. The lowest BCUT2D eigenvalue weighted by atomic mass is 10.0. The molecule has 1 unspecified atom stereocenters. The molecule has 20 heavy (non-hydrogen) atoms. The van der Waals surface area contributed by atoms with Crippen molar-refractivity contribution in [2.24, 2.45) is 0 Å². The van der Waals surface area contributed by atoms with Crippen LogP contribution in [0.1, 0.15) is 27.2 Å². The van der Waals surface area contributed by atoms with Gasteiger partial charge in [0.1, 0.15) is 0 Å². The van der Waals surface area contributed by atoms with E-state index in [4.69, 9.17) is 0 Å². The molecule has 104 valence electrons. The number of nitrogens with zero attached hydrogens (tertiary/aromatic N) is 1. The summed E-state index contributed by atoms with van der Waals surface area (Å²) in [6, 6.07) is 8.95. The molecule has 0 bridgehead atoms.